The second-order valence-electron chi connectivity index (χ2n) is 10.7. The molecule has 2 aliphatic rings. The molecule has 0 aromatic heterocycles. The van der Waals surface area contributed by atoms with Crippen molar-refractivity contribution in [2.75, 3.05) is 0 Å². The fourth-order valence-electron chi connectivity index (χ4n) is 5.52. The number of hydrazine groups is 1. The number of nitrogens with zero attached hydrogens (tertiary/aromatic N) is 2. The van der Waals surface area contributed by atoms with Crippen LogP contribution in [0.5, 0.6) is 0 Å². The van der Waals surface area contributed by atoms with E-state index < -0.39 is 0 Å². The number of carbonyl (C=O) groups excluding carboxylic acids is 2. The van der Waals surface area contributed by atoms with Gasteiger partial charge in [0.2, 0.25) is 11.8 Å². The van der Waals surface area contributed by atoms with E-state index in [4.69, 9.17) is 0 Å². The largest absolute Gasteiger partial charge is 0.273 e. The molecule has 29 heavy (non-hydrogen) atoms. The summed E-state index contributed by atoms with van der Waals surface area (Å²) in [5, 5.41) is 3.66. The van der Waals surface area contributed by atoms with Crippen molar-refractivity contribution in [3.8, 4) is 0 Å². The van der Waals surface area contributed by atoms with E-state index in [1.807, 2.05) is 0 Å². The van der Waals surface area contributed by atoms with E-state index >= 15 is 0 Å². The number of hydrogen-bond acceptors (Lipinski definition) is 3. The number of rotatable bonds is 12. The van der Waals surface area contributed by atoms with Crippen LogP contribution in [0, 0.1) is 5.92 Å². The van der Waals surface area contributed by atoms with E-state index in [-0.39, 0.29) is 28.8 Å². The minimum absolute atomic E-state index is 0.00938. The lowest BCUT2D eigenvalue weighted by molar-refractivity contribution is -0.195. The van der Waals surface area contributed by atoms with Gasteiger partial charge in [-0.05, 0) is 53.4 Å². The van der Waals surface area contributed by atoms with Gasteiger partial charge in [-0.25, -0.2) is 10.0 Å². The second-order valence-corrected chi connectivity index (χ2v) is 10.7. The van der Waals surface area contributed by atoms with Gasteiger partial charge in [-0.3, -0.25) is 9.59 Å². The van der Waals surface area contributed by atoms with Crippen molar-refractivity contribution in [2.24, 2.45) is 5.92 Å². The summed E-state index contributed by atoms with van der Waals surface area (Å²) in [5.41, 5.74) is -0.307. The normalized spacial score (nSPS) is 24.4. The number of imide groups is 1. The first-order valence-electron chi connectivity index (χ1n) is 12.4. The molecule has 4 heteroatoms. The standard InChI is InChI=1S/C25H46N2O2/c1-6-7-8-9-10-11-12-13-14-15-17-21-20-22(28)26(23(21)29)27-24(2,3)18-16-19-25(27,4)5/h21H,6-20H2,1-5H3. The highest BCUT2D eigenvalue weighted by atomic mass is 16.2. The van der Waals surface area contributed by atoms with Crippen molar-refractivity contribution in [1.82, 2.24) is 10.0 Å². The second kappa shape index (κ2) is 10.9. The minimum Gasteiger partial charge on any atom is -0.273 e. The Balaban J connectivity index is 1.75. The van der Waals surface area contributed by atoms with Gasteiger partial charge in [-0.2, -0.15) is 0 Å². The maximum atomic E-state index is 13.1. The number of carbonyl (C=O) groups is 2. The van der Waals surface area contributed by atoms with Crippen LogP contribution in [0.1, 0.15) is 131 Å². The van der Waals surface area contributed by atoms with Crippen molar-refractivity contribution in [1.29, 1.82) is 0 Å². The van der Waals surface area contributed by atoms with Crippen LogP contribution in [0.15, 0.2) is 0 Å². The van der Waals surface area contributed by atoms with E-state index in [0.717, 1.165) is 32.1 Å². The predicted molar refractivity (Wildman–Crippen MR) is 120 cm³/mol. The molecule has 0 aromatic carbocycles. The molecule has 0 aromatic rings. The highest BCUT2D eigenvalue weighted by molar-refractivity contribution is 6.03. The lowest BCUT2D eigenvalue weighted by Gasteiger charge is -2.55. The average molecular weight is 407 g/mol. The molecule has 2 saturated heterocycles. The van der Waals surface area contributed by atoms with Crippen LogP contribution in [0.2, 0.25) is 0 Å². The first-order valence-corrected chi connectivity index (χ1v) is 12.4. The van der Waals surface area contributed by atoms with Crippen LogP contribution in [-0.2, 0) is 9.59 Å². The van der Waals surface area contributed by atoms with Crippen molar-refractivity contribution < 1.29 is 9.59 Å². The zero-order chi connectivity index (χ0) is 21.5. The summed E-state index contributed by atoms with van der Waals surface area (Å²) < 4.78 is 0. The van der Waals surface area contributed by atoms with Crippen LogP contribution in [0.4, 0.5) is 0 Å². The molecule has 1 atom stereocenters. The van der Waals surface area contributed by atoms with E-state index in [9.17, 15) is 9.59 Å². The Morgan fingerprint density at radius 3 is 1.79 bits per heavy atom. The van der Waals surface area contributed by atoms with Crippen LogP contribution in [-0.4, -0.2) is 32.9 Å². The summed E-state index contributed by atoms with van der Waals surface area (Å²) in [6.45, 7) is 10.9. The Labute approximate surface area is 179 Å². The molecule has 0 aliphatic carbocycles. The molecule has 0 bridgehead atoms. The number of amides is 2. The molecule has 2 heterocycles. The fraction of sp³-hybridized carbons (Fsp3) is 0.920. The van der Waals surface area contributed by atoms with Gasteiger partial charge in [-0.15, -0.1) is 0 Å². The summed E-state index contributed by atoms with van der Waals surface area (Å²) >= 11 is 0. The topological polar surface area (TPSA) is 40.6 Å². The summed E-state index contributed by atoms with van der Waals surface area (Å²) in [7, 11) is 0. The van der Waals surface area contributed by atoms with Gasteiger partial charge >= 0.3 is 0 Å². The zero-order valence-electron chi connectivity index (χ0n) is 19.9. The molecule has 4 nitrogen and oxygen atoms in total. The van der Waals surface area contributed by atoms with Crippen LogP contribution >= 0.6 is 0 Å². The molecule has 0 radical (unpaired) electrons. The Morgan fingerprint density at radius 2 is 1.28 bits per heavy atom. The van der Waals surface area contributed by atoms with Gasteiger partial charge in [0.05, 0.1) is 0 Å². The number of unbranched alkanes of at least 4 members (excludes halogenated alkanes) is 9. The van der Waals surface area contributed by atoms with Gasteiger partial charge in [0, 0.05) is 23.4 Å². The summed E-state index contributed by atoms with van der Waals surface area (Å²) in [6, 6.07) is 0. The number of piperidine rings is 1. The molecular formula is C25H46N2O2. The lowest BCUT2D eigenvalue weighted by Crippen LogP contribution is -2.66. The highest BCUT2D eigenvalue weighted by Crippen LogP contribution is 2.42. The summed E-state index contributed by atoms with van der Waals surface area (Å²) in [6.07, 6.45) is 17.5. The zero-order valence-corrected chi connectivity index (χ0v) is 19.9. The average Bonchev–Trinajstić information content (AvgIpc) is 2.89. The lowest BCUT2D eigenvalue weighted by atomic mass is 9.81. The monoisotopic (exact) mass is 406 g/mol. The number of hydrogen-bond donors (Lipinski definition) is 0. The maximum absolute atomic E-state index is 13.1. The Kier molecular flexibility index (Phi) is 9.18. The Morgan fingerprint density at radius 1 is 0.793 bits per heavy atom. The fourth-order valence-corrected chi connectivity index (χ4v) is 5.52. The van der Waals surface area contributed by atoms with Gasteiger partial charge in [0.25, 0.3) is 0 Å². The van der Waals surface area contributed by atoms with Crippen LogP contribution in [0.3, 0.4) is 0 Å². The van der Waals surface area contributed by atoms with E-state index in [1.54, 1.807) is 5.01 Å². The van der Waals surface area contributed by atoms with Crippen molar-refractivity contribution >= 4 is 11.8 Å². The molecule has 0 spiro atoms. The maximum Gasteiger partial charge on any atom is 0.247 e. The summed E-state index contributed by atoms with van der Waals surface area (Å²) in [5.74, 6) is -0.0471. The van der Waals surface area contributed by atoms with Gasteiger partial charge in [0.1, 0.15) is 0 Å². The quantitative estimate of drug-likeness (QED) is 0.270. The van der Waals surface area contributed by atoms with Gasteiger partial charge in [-0.1, -0.05) is 71.1 Å². The van der Waals surface area contributed by atoms with Crippen LogP contribution < -0.4 is 0 Å². The Bertz CT molecular complexity index is 525. The van der Waals surface area contributed by atoms with Crippen LogP contribution in [0.25, 0.3) is 0 Å². The molecule has 2 rings (SSSR count). The third-order valence-corrected chi connectivity index (χ3v) is 7.05. The van der Waals surface area contributed by atoms with E-state index in [2.05, 4.69) is 39.6 Å². The van der Waals surface area contributed by atoms with Crippen molar-refractivity contribution in [2.45, 2.75) is 142 Å². The van der Waals surface area contributed by atoms with Crippen molar-refractivity contribution in [3.05, 3.63) is 0 Å². The summed E-state index contributed by atoms with van der Waals surface area (Å²) in [4.78, 5) is 26.0. The molecule has 1 unspecified atom stereocenters. The Hall–Kier alpha value is -0.900. The first kappa shape index (κ1) is 24.4. The predicted octanol–water partition coefficient (Wildman–Crippen LogP) is 6.63. The molecule has 0 N–H and O–H groups in total. The third-order valence-electron chi connectivity index (χ3n) is 7.05. The molecule has 2 aliphatic heterocycles. The van der Waals surface area contributed by atoms with Gasteiger partial charge < -0.3 is 0 Å². The molecule has 2 amide bonds. The minimum atomic E-state index is -0.154. The molecule has 168 valence electrons. The smallest absolute Gasteiger partial charge is 0.247 e. The first-order chi connectivity index (χ1) is 13.7. The molecule has 0 saturated carbocycles. The molecule has 2 fully saturated rings. The van der Waals surface area contributed by atoms with E-state index in [0.29, 0.717) is 6.42 Å². The van der Waals surface area contributed by atoms with E-state index in [1.165, 1.54) is 57.8 Å². The highest BCUT2D eigenvalue weighted by Gasteiger charge is 2.52. The molecular weight excluding hydrogens is 360 g/mol. The van der Waals surface area contributed by atoms with Gasteiger partial charge in [0.15, 0.2) is 0 Å². The van der Waals surface area contributed by atoms with Crippen molar-refractivity contribution in [3.63, 3.8) is 0 Å². The third kappa shape index (κ3) is 6.54. The SMILES string of the molecule is CCCCCCCCCCCCC1CC(=O)N(N2C(C)(C)CCCC2(C)C)C1=O.